The summed E-state index contributed by atoms with van der Waals surface area (Å²) in [5, 5.41) is 12.0. The monoisotopic (exact) mass is 241 g/mol. The van der Waals surface area contributed by atoms with Crippen molar-refractivity contribution in [1.82, 2.24) is 5.32 Å². The van der Waals surface area contributed by atoms with Crippen LogP contribution < -0.4 is 10.1 Å². The van der Waals surface area contributed by atoms with Gasteiger partial charge in [-0.05, 0) is 26.0 Å². The van der Waals surface area contributed by atoms with Crippen LogP contribution in [-0.2, 0) is 4.79 Å². The fourth-order valence-corrected chi connectivity index (χ4v) is 1.37. The molecule has 4 nitrogen and oxygen atoms in total. The molecule has 0 bridgehead atoms. The normalized spacial score (nSPS) is 12.0. The Bertz CT molecular complexity index is 393. The average molecular weight is 241 g/mol. The number of nitrogens with one attached hydrogen (secondary N) is 1. The quantitative estimate of drug-likeness (QED) is 0.819. The van der Waals surface area contributed by atoms with E-state index in [1.165, 1.54) is 12.1 Å². The molecule has 94 valence electrons. The van der Waals surface area contributed by atoms with Gasteiger partial charge in [0.1, 0.15) is 11.6 Å². The number of aliphatic hydroxyl groups is 1. The van der Waals surface area contributed by atoms with Crippen molar-refractivity contribution in [2.75, 3.05) is 13.2 Å². The number of hydrogen-bond donors (Lipinski definition) is 2. The largest absolute Gasteiger partial charge is 0.483 e. The number of rotatable bonds is 5. The highest BCUT2D eigenvalue weighted by molar-refractivity contribution is 5.77. The van der Waals surface area contributed by atoms with Crippen molar-refractivity contribution in [2.24, 2.45) is 0 Å². The maximum atomic E-state index is 13.0. The minimum absolute atomic E-state index is 0.186. The van der Waals surface area contributed by atoms with Crippen LogP contribution in [0.4, 0.5) is 4.39 Å². The van der Waals surface area contributed by atoms with Gasteiger partial charge in [-0.15, -0.1) is 0 Å². The second kappa shape index (κ2) is 6.20. The number of amides is 1. The highest BCUT2D eigenvalue weighted by Gasteiger charge is 2.11. The summed E-state index contributed by atoms with van der Waals surface area (Å²) >= 11 is 0. The second-order valence-electron chi connectivity index (χ2n) is 3.60. The lowest BCUT2D eigenvalue weighted by molar-refractivity contribution is -0.123. The Hall–Kier alpha value is -1.62. The van der Waals surface area contributed by atoms with Crippen molar-refractivity contribution >= 4 is 5.91 Å². The summed E-state index contributed by atoms with van der Waals surface area (Å²) in [7, 11) is 0. The van der Waals surface area contributed by atoms with Crippen molar-refractivity contribution in [3.8, 4) is 5.75 Å². The van der Waals surface area contributed by atoms with Gasteiger partial charge in [-0.25, -0.2) is 4.39 Å². The van der Waals surface area contributed by atoms with Crippen molar-refractivity contribution in [1.29, 1.82) is 0 Å². The molecule has 17 heavy (non-hydrogen) atoms. The van der Waals surface area contributed by atoms with E-state index in [1.54, 1.807) is 13.8 Å². The van der Waals surface area contributed by atoms with Crippen LogP contribution in [0.2, 0.25) is 0 Å². The van der Waals surface area contributed by atoms with Crippen molar-refractivity contribution < 1.29 is 19.0 Å². The molecule has 1 atom stereocenters. The van der Waals surface area contributed by atoms with Gasteiger partial charge < -0.3 is 15.2 Å². The molecular weight excluding hydrogens is 225 g/mol. The van der Waals surface area contributed by atoms with Gasteiger partial charge in [0, 0.05) is 18.2 Å². The Morgan fingerprint density at radius 3 is 2.88 bits per heavy atom. The van der Waals surface area contributed by atoms with Crippen LogP contribution in [0.5, 0.6) is 5.75 Å². The van der Waals surface area contributed by atoms with Crippen molar-refractivity contribution in [2.45, 2.75) is 20.0 Å². The summed E-state index contributed by atoms with van der Waals surface area (Å²) in [5.41, 5.74) is 0.454. The lowest BCUT2D eigenvalue weighted by Gasteiger charge is -2.13. The van der Waals surface area contributed by atoms with Crippen LogP contribution in [0.1, 0.15) is 25.5 Å². The van der Waals surface area contributed by atoms with E-state index in [-0.39, 0.29) is 18.3 Å². The molecule has 0 aromatic heterocycles. The molecule has 1 rings (SSSR count). The van der Waals surface area contributed by atoms with Crippen LogP contribution in [0.25, 0.3) is 0 Å². The first kappa shape index (κ1) is 13.4. The van der Waals surface area contributed by atoms with E-state index in [9.17, 15) is 14.3 Å². The average Bonchev–Trinajstić information content (AvgIpc) is 2.26. The van der Waals surface area contributed by atoms with Gasteiger partial charge in [0.05, 0.1) is 6.10 Å². The molecule has 0 aliphatic heterocycles. The molecule has 2 N–H and O–H groups in total. The number of benzene rings is 1. The fraction of sp³-hybridized carbons (Fsp3) is 0.417. The molecule has 0 aliphatic rings. The van der Waals surface area contributed by atoms with Crippen LogP contribution in [0.3, 0.4) is 0 Å². The van der Waals surface area contributed by atoms with Crippen molar-refractivity contribution in [3.63, 3.8) is 0 Å². The van der Waals surface area contributed by atoms with E-state index in [2.05, 4.69) is 5.32 Å². The molecule has 1 aromatic carbocycles. The highest BCUT2D eigenvalue weighted by Crippen LogP contribution is 2.25. The minimum atomic E-state index is -0.778. The van der Waals surface area contributed by atoms with E-state index in [0.717, 1.165) is 6.07 Å². The minimum Gasteiger partial charge on any atom is -0.483 e. The van der Waals surface area contributed by atoms with Gasteiger partial charge >= 0.3 is 0 Å². The van der Waals surface area contributed by atoms with Crippen LogP contribution in [0, 0.1) is 5.82 Å². The first-order valence-electron chi connectivity index (χ1n) is 5.41. The van der Waals surface area contributed by atoms with Gasteiger partial charge in [-0.1, -0.05) is 0 Å². The standard InChI is InChI=1S/C12H16FNO3/c1-3-14-12(16)7-17-11-6-9(13)4-5-10(11)8(2)15/h4-6,8,15H,3,7H2,1-2H3,(H,14,16)/t8-/m1/s1. The van der Waals surface area contributed by atoms with Gasteiger partial charge in [0.25, 0.3) is 5.91 Å². The Labute approximate surface area is 99.4 Å². The fourth-order valence-electron chi connectivity index (χ4n) is 1.37. The lowest BCUT2D eigenvalue weighted by Crippen LogP contribution is -2.28. The van der Waals surface area contributed by atoms with Crippen LogP contribution >= 0.6 is 0 Å². The van der Waals surface area contributed by atoms with Gasteiger partial charge in [-0.3, -0.25) is 4.79 Å². The molecule has 1 amide bonds. The van der Waals surface area contributed by atoms with Crippen LogP contribution in [0.15, 0.2) is 18.2 Å². The number of likely N-dealkylation sites (N-methyl/N-ethyl adjacent to an activating group) is 1. The smallest absolute Gasteiger partial charge is 0.257 e. The Balaban J connectivity index is 2.75. The molecule has 0 radical (unpaired) electrons. The van der Waals surface area contributed by atoms with E-state index >= 15 is 0 Å². The maximum absolute atomic E-state index is 13.0. The zero-order valence-electron chi connectivity index (χ0n) is 9.87. The Morgan fingerprint density at radius 1 is 1.59 bits per heavy atom. The molecule has 0 fully saturated rings. The molecule has 0 unspecified atom stereocenters. The summed E-state index contributed by atoms with van der Waals surface area (Å²) in [6.07, 6.45) is -0.778. The van der Waals surface area contributed by atoms with Gasteiger partial charge in [0.15, 0.2) is 6.61 Å². The number of carbonyl (C=O) groups excluding carboxylic acids is 1. The summed E-state index contributed by atoms with van der Waals surface area (Å²) < 4.78 is 18.2. The van der Waals surface area contributed by atoms with E-state index in [4.69, 9.17) is 4.74 Å². The summed E-state index contributed by atoms with van der Waals surface area (Å²) in [6.45, 7) is 3.65. The van der Waals surface area contributed by atoms with E-state index in [0.29, 0.717) is 12.1 Å². The summed E-state index contributed by atoms with van der Waals surface area (Å²) in [6, 6.07) is 3.83. The molecule has 0 saturated heterocycles. The third-order valence-corrected chi connectivity index (χ3v) is 2.16. The Kier molecular flexibility index (Phi) is 4.90. The number of carbonyl (C=O) groups is 1. The third-order valence-electron chi connectivity index (χ3n) is 2.16. The zero-order valence-corrected chi connectivity index (χ0v) is 9.87. The predicted molar refractivity (Wildman–Crippen MR) is 61.2 cm³/mol. The number of hydrogen-bond acceptors (Lipinski definition) is 3. The molecule has 1 aromatic rings. The number of ether oxygens (including phenoxy) is 1. The van der Waals surface area contributed by atoms with Crippen LogP contribution in [-0.4, -0.2) is 24.2 Å². The summed E-state index contributed by atoms with van der Waals surface area (Å²) in [5.74, 6) is -0.570. The topological polar surface area (TPSA) is 58.6 Å². The van der Waals surface area contributed by atoms with Gasteiger partial charge in [0.2, 0.25) is 0 Å². The predicted octanol–water partition coefficient (Wildman–Crippen LogP) is 1.39. The molecule has 5 heteroatoms. The number of halogens is 1. The van der Waals surface area contributed by atoms with E-state index in [1.807, 2.05) is 0 Å². The van der Waals surface area contributed by atoms with Crippen molar-refractivity contribution in [3.05, 3.63) is 29.6 Å². The first-order chi connectivity index (χ1) is 8.04. The Morgan fingerprint density at radius 2 is 2.29 bits per heavy atom. The molecule has 0 heterocycles. The lowest BCUT2D eigenvalue weighted by atomic mass is 10.1. The summed E-state index contributed by atoms with van der Waals surface area (Å²) in [4.78, 5) is 11.2. The second-order valence-corrected chi connectivity index (χ2v) is 3.60. The molecule has 0 saturated carbocycles. The first-order valence-corrected chi connectivity index (χ1v) is 5.41. The SMILES string of the molecule is CCNC(=O)COc1cc(F)ccc1[C@@H](C)O. The molecular formula is C12H16FNO3. The highest BCUT2D eigenvalue weighted by atomic mass is 19.1. The maximum Gasteiger partial charge on any atom is 0.257 e. The van der Waals surface area contributed by atoms with E-state index < -0.39 is 11.9 Å². The third kappa shape index (κ3) is 4.03. The van der Waals surface area contributed by atoms with Gasteiger partial charge in [-0.2, -0.15) is 0 Å². The zero-order chi connectivity index (χ0) is 12.8. The molecule has 0 aliphatic carbocycles. The number of aliphatic hydroxyl groups excluding tert-OH is 1. The molecule has 0 spiro atoms.